The number of aromatic nitrogens is 2. The first-order chi connectivity index (χ1) is 8.70. The Bertz CT molecular complexity index is 584. The van der Waals surface area contributed by atoms with Gasteiger partial charge in [0.15, 0.2) is 0 Å². The summed E-state index contributed by atoms with van der Waals surface area (Å²) in [4.78, 5) is 8.37. The molecular weight excluding hydrogens is 341 g/mol. The van der Waals surface area contributed by atoms with Crippen LogP contribution in [0.15, 0.2) is 30.5 Å². The molecule has 1 aromatic carbocycles. The van der Waals surface area contributed by atoms with Crippen molar-refractivity contribution in [3.8, 4) is 5.75 Å². The average molecular weight is 353 g/mol. The van der Waals surface area contributed by atoms with Crippen molar-refractivity contribution >= 4 is 40.6 Å². The van der Waals surface area contributed by atoms with Crippen molar-refractivity contribution in [1.82, 2.24) is 9.97 Å². The highest BCUT2D eigenvalue weighted by Crippen LogP contribution is 2.20. The third-order valence-corrected chi connectivity index (χ3v) is 2.88. The van der Waals surface area contributed by atoms with E-state index in [0.717, 1.165) is 15.0 Å². The first-order valence-corrected chi connectivity index (χ1v) is 6.37. The topological polar surface area (TPSA) is 61.0 Å². The number of anilines is 1. The number of nitrogen functional groups attached to an aromatic ring is 1. The van der Waals surface area contributed by atoms with Crippen LogP contribution in [0, 0.1) is 3.70 Å². The number of ether oxygens (including phenoxy) is 1. The third kappa shape index (κ3) is 2.98. The molecule has 0 bridgehead atoms. The Kier molecular flexibility index (Phi) is 4.14. The lowest BCUT2D eigenvalue weighted by molar-refractivity contribution is 0.414. The van der Waals surface area contributed by atoms with Crippen LogP contribution in [0.2, 0.25) is 0 Å². The molecule has 0 fully saturated rings. The summed E-state index contributed by atoms with van der Waals surface area (Å²) in [5.41, 5.74) is 7.40. The van der Waals surface area contributed by atoms with Gasteiger partial charge < -0.3 is 10.5 Å². The number of hydrogen-bond donors (Lipinski definition) is 1. The minimum Gasteiger partial charge on any atom is -0.496 e. The fourth-order valence-electron chi connectivity index (χ4n) is 1.49. The molecular formula is C13H12IN3O. The molecule has 0 saturated carbocycles. The van der Waals surface area contributed by atoms with Gasteiger partial charge in [-0.05, 0) is 40.8 Å². The average Bonchev–Trinajstić information content (AvgIpc) is 2.40. The van der Waals surface area contributed by atoms with Crippen LogP contribution in [-0.2, 0) is 0 Å². The number of hydrogen-bond acceptors (Lipinski definition) is 4. The number of benzene rings is 1. The summed E-state index contributed by atoms with van der Waals surface area (Å²) >= 11 is 2.10. The lowest BCUT2D eigenvalue weighted by Crippen LogP contribution is -1.97. The molecule has 0 amide bonds. The number of methoxy groups -OCH3 is 1. The predicted octanol–water partition coefficient (Wildman–Crippen LogP) is 2.84. The highest BCUT2D eigenvalue weighted by molar-refractivity contribution is 14.1. The number of para-hydroxylation sites is 1. The van der Waals surface area contributed by atoms with Crippen LogP contribution >= 0.6 is 22.6 Å². The van der Waals surface area contributed by atoms with Crippen molar-refractivity contribution in [2.45, 2.75) is 0 Å². The molecule has 0 unspecified atom stereocenters. The maximum Gasteiger partial charge on any atom is 0.149 e. The summed E-state index contributed by atoms with van der Waals surface area (Å²) in [6.07, 6.45) is 5.38. The Hall–Kier alpha value is -1.63. The number of halogens is 1. The lowest BCUT2D eigenvalue weighted by atomic mass is 10.2. The van der Waals surface area contributed by atoms with Crippen LogP contribution in [0.1, 0.15) is 11.3 Å². The molecule has 0 aliphatic heterocycles. The molecule has 5 heteroatoms. The van der Waals surface area contributed by atoms with Gasteiger partial charge in [0.2, 0.25) is 0 Å². The van der Waals surface area contributed by atoms with Gasteiger partial charge in [-0.25, -0.2) is 9.97 Å². The van der Waals surface area contributed by atoms with Gasteiger partial charge in [0.1, 0.15) is 21.0 Å². The molecule has 1 heterocycles. The Balaban J connectivity index is 2.33. The minimum absolute atomic E-state index is 0.418. The zero-order chi connectivity index (χ0) is 13.0. The maximum absolute atomic E-state index is 5.76. The zero-order valence-electron chi connectivity index (χ0n) is 9.80. The molecule has 0 saturated heterocycles. The lowest BCUT2D eigenvalue weighted by Gasteiger charge is -2.03. The van der Waals surface area contributed by atoms with E-state index in [4.69, 9.17) is 10.5 Å². The molecule has 2 N–H and O–H groups in total. The van der Waals surface area contributed by atoms with Crippen molar-refractivity contribution in [3.63, 3.8) is 0 Å². The van der Waals surface area contributed by atoms with Gasteiger partial charge in [-0.2, -0.15) is 0 Å². The van der Waals surface area contributed by atoms with E-state index in [1.54, 1.807) is 13.3 Å². The summed E-state index contributed by atoms with van der Waals surface area (Å²) in [5, 5.41) is 0. The van der Waals surface area contributed by atoms with Crippen LogP contribution < -0.4 is 10.5 Å². The van der Waals surface area contributed by atoms with Gasteiger partial charge >= 0.3 is 0 Å². The molecule has 2 aromatic rings. The summed E-state index contributed by atoms with van der Waals surface area (Å²) in [6.45, 7) is 0. The Morgan fingerprint density at radius 3 is 2.83 bits per heavy atom. The van der Waals surface area contributed by atoms with Gasteiger partial charge in [0, 0.05) is 5.56 Å². The largest absolute Gasteiger partial charge is 0.496 e. The van der Waals surface area contributed by atoms with E-state index in [-0.39, 0.29) is 0 Å². The Morgan fingerprint density at radius 2 is 2.06 bits per heavy atom. The summed E-state index contributed by atoms with van der Waals surface area (Å²) in [6, 6.07) is 7.75. The molecule has 0 spiro atoms. The fraction of sp³-hybridized carbons (Fsp3) is 0.0769. The molecule has 2 rings (SSSR count). The van der Waals surface area contributed by atoms with Crippen molar-refractivity contribution in [2.75, 3.05) is 12.8 Å². The molecule has 18 heavy (non-hydrogen) atoms. The highest BCUT2D eigenvalue weighted by atomic mass is 127. The van der Waals surface area contributed by atoms with Gasteiger partial charge in [0.25, 0.3) is 0 Å². The van der Waals surface area contributed by atoms with E-state index in [2.05, 4.69) is 32.6 Å². The molecule has 0 aliphatic rings. The first kappa shape index (κ1) is 12.8. The fourth-order valence-corrected chi connectivity index (χ4v) is 1.88. The predicted molar refractivity (Wildman–Crippen MR) is 81.1 cm³/mol. The monoisotopic (exact) mass is 353 g/mol. The Morgan fingerprint density at radius 1 is 1.28 bits per heavy atom. The van der Waals surface area contributed by atoms with Crippen LogP contribution in [0.3, 0.4) is 0 Å². The maximum atomic E-state index is 5.76. The van der Waals surface area contributed by atoms with Gasteiger partial charge in [-0.1, -0.05) is 18.2 Å². The van der Waals surface area contributed by atoms with Crippen molar-refractivity contribution in [3.05, 3.63) is 45.4 Å². The van der Waals surface area contributed by atoms with E-state index >= 15 is 0 Å². The number of nitrogens with two attached hydrogens (primary N) is 1. The van der Waals surface area contributed by atoms with Gasteiger partial charge in [0.05, 0.1) is 13.3 Å². The summed E-state index contributed by atoms with van der Waals surface area (Å²) < 4.78 is 6.07. The van der Waals surface area contributed by atoms with Crippen molar-refractivity contribution in [2.24, 2.45) is 0 Å². The van der Waals surface area contributed by atoms with Crippen molar-refractivity contribution in [1.29, 1.82) is 0 Å². The highest BCUT2D eigenvalue weighted by Gasteiger charge is 2.01. The molecule has 0 aliphatic carbocycles. The third-order valence-electron chi connectivity index (χ3n) is 2.36. The Labute approximate surface area is 119 Å². The first-order valence-electron chi connectivity index (χ1n) is 5.30. The van der Waals surface area contributed by atoms with E-state index in [1.165, 1.54) is 0 Å². The molecule has 0 atom stereocenters. The number of nitrogens with zero attached hydrogens (tertiary/aromatic N) is 2. The van der Waals surface area contributed by atoms with E-state index in [1.807, 2.05) is 36.4 Å². The van der Waals surface area contributed by atoms with Gasteiger partial charge in [-0.3, -0.25) is 0 Å². The zero-order valence-corrected chi connectivity index (χ0v) is 12.0. The van der Waals surface area contributed by atoms with Crippen molar-refractivity contribution < 1.29 is 4.74 Å². The summed E-state index contributed by atoms with van der Waals surface area (Å²) in [7, 11) is 1.65. The van der Waals surface area contributed by atoms with Crippen LogP contribution in [0.4, 0.5) is 5.82 Å². The smallest absolute Gasteiger partial charge is 0.149 e. The second-order valence-electron chi connectivity index (χ2n) is 3.54. The molecule has 0 radical (unpaired) electrons. The van der Waals surface area contributed by atoms with Crippen LogP contribution in [-0.4, -0.2) is 17.1 Å². The standard InChI is InChI=1S/C13H12IN3O/c1-18-11-5-3-2-4-9(11)6-7-10-13(15)16-8-12(14)17-10/h2-8H,1H3,(H2,15,16). The molecule has 92 valence electrons. The van der Waals surface area contributed by atoms with E-state index in [0.29, 0.717) is 11.5 Å². The normalized spacial score (nSPS) is 10.8. The summed E-state index contributed by atoms with van der Waals surface area (Å²) in [5.74, 6) is 1.23. The van der Waals surface area contributed by atoms with Crippen LogP contribution in [0.25, 0.3) is 12.2 Å². The van der Waals surface area contributed by atoms with Gasteiger partial charge in [-0.15, -0.1) is 0 Å². The second-order valence-corrected chi connectivity index (χ2v) is 4.64. The van der Waals surface area contributed by atoms with E-state index < -0.39 is 0 Å². The van der Waals surface area contributed by atoms with E-state index in [9.17, 15) is 0 Å². The quantitative estimate of drug-likeness (QED) is 0.862. The van der Waals surface area contributed by atoms with Crippen LogP contribution in [0.5, 0.6) is 5.75 Å². The second kappa shape index (κ2) is 5.81. The number of rotatable bonds is 3. The minimum atomic E-state index is 0.418. The SMILES string of the molecule is COc1ccccc1C=Cc1nc(I)cnc1N. The molecule has 1 aromatic heterocycles. The molecule has 4 nitrogen and oxygen atoms in total.